The van der Waals surface area contributed by atoms with Crippen molar-refractivity contribution in [3.63, 3.8) is 0 Å². The first-order valence-electron chi connectivity index (χ1n) is 5.29. The van der Waals surface area contributed by atoms with Crippen molar-refractivity contribution in [2.75, 3.05) is 6.61 Å². The number of nitrogens with one attached hydrogen (secondary N) is 1. The molecule has 0 bridgehead atoms. The SMILES string of the molecule is CC[C@@H](CO)N[C@H](C)c1ccc(Br)cc1. The van der Waals surface area contributed by atoms with Gasteiger partial charge in [-0.1, -0.05) is 35.0 Å². The van der Waals surface area contributed by atoms with Crippen molar-refractivity contribution in [2.24, 2.45) is 0 Å². The largest absolute Gasteiger partial charge is 0.395 e. The molecule has 0 fully saturated rings. The Hall–Kier alpha value is -0.380. The Morgan fingerprint density at radius 1 is 1.33 bits per heavy atom. The molecule has 0 aliphatic heterocycles. The van der Waals surface area contributed by atoms with Gasteiger partial charge >= 0.3 is 0 Å². The van der Waals surface area contributed by atoms with E-state index in [0.717, 1.165) is 10.9 Å². The third-order valence-electron chi connectivity index (χ3n) is 2.57. The lowest BCUT2D eigenvalue weighted by molar-refractivity contribution is 0.230. The van der Waals surface area contributed by atoms with Gasteiger partial charge in [-0.05, 0) is 31.0 Å². The number of aliphatic hydroxyl groups excluding tert-OH is 1. The van der Waals surface area contributed by atoms with E-state index in [1.807, 2.05) is 12.1 Å². The van der Waals surface area contributed by atoms with E-state index in [0.29, 0.717) is 0 Å². The number of hydrogen-bond acceptors (Lipinski definition) is 2. The Bertz CT molecular complexity index is 282. The van der Waals surface area contributed by atoms with Crippen LogP contribution in [0.25, 0.3) is 0 Å². The summed E-state index contributed by atoms with van der Waals surface area (Å²) in [5.41, 5.74) is 1.24. The summed E-state index contributed by atoms with van der Waals surface area (Å²) in [4.78, 5) is 0. The molecule has 2 atom stereocenters. The Morgan fingerprint density at radius 3 is 2.40 bits per heavy atom. The Balaban J connectivity index is 2.60. The van der Waals surface area contributed by atoms with Crippen LogP contribution in [0, 0.1) is 0 Å². The number of rotatable bonds is 5. The van der Waals surface area contributed by atoms with Gasteiger partial charge in [0.15, 0.2) is 0 Å². The highest BCUT2D eigenvalue weighted by molar-refractivity contribution is 9.10. The third kappa shape index (κ3) is 3.93. The molecule has 0 radical (unpaired) electrons. The van der Waals surface area contributed by atoms with Gasteiger partial charge < -0.3 is 10.4 Å². The fraction of sp³-hybridized carbons (Fsp3) is 0.500. The minimum Gasteiger partial charge on any atom is -0.395 e. The summed E-state index contributed by atoms with van der Waals surface area (Å²) in [6.45, 7) is 4.38. The van der Waals surface area contributed by atoms with Gasteiger partial charge in [-0.3, -0.25) is 0 Å². The van der Waals surface area contributed by atoms with Crippen molar-refractivity contribution in [2.45, 2.75) is 32.4 Å². The predicted molar refractivity (Wildman–Crippen MR) is 66.9 cm³/mol. The standard InChI is InChI=1S/C12H18BrNO/c1-3-12(8-15)14-9(2)10-4-6-11(13)7-5-10/h4-7,9,12,14-15H,3,8H2,1-2H3/t9-,12+/m1/s1. The van der Waals surface area contributed by atoms with Gasteiger partial charge in [-0.2, -0.15) is 0 Å². The monoisotopic (exact) mass is 271 g/mol. The van der Waals surface area contributed by atoms with E-state index in [9.17, 15) is 0 Å². The van der Waals surface area contributed by atoms with Crippen LogP contribution in [0.5, 0.6) is 0 Å². The van der Waals surface area contributed by atoms with Crippen molar-refractivity contribution in [3.8, 4) is 0 Å². The maximum Gasteiger partial charge on any atom is 0.0584 e. The summed E-state index contributed by atoms with van der Waals surface area (Å²) in [5.74, 6) is 0. The van der Waals surface area contributed by atoms with E-state index >= 15 is 0 Å². The van der Waals surface area contributed by atoms with E-state index in [2.05, 4.69) is 47.2 Å². The molecule has 0 spiro atoms. The first-order valence-corrected chi connectivity index (χ1v) is 6.09. The van der Waals surface area contributed by atoms with Gasteiger partial charge in [-0.25, -0.2) is 0 Å². The molecule has 3 heteroatoms. The van der Waals surface area contributed by atoms with Crippen LogP contribution in [-0.2, 0) is 0 Å². The van der Waals surface area contributed by atoms with Crippen LogP contribution in [0.1, 0.15) is 31.9 Å². The Morgan fingerprint density at radius 2 is 1.93 bits per heavy atom. The van der Waals surface area contributed by atoms with Crippen LogP contribution in [0.4, 0.5) is 0 Å². The fourth-order valence-corrected chi connectivity index (χ4v) is 1.77. The minimum absolute atomic E-state index is 0.184. The lowest BCUT2D eigenvalue weighted by atomic mass is 10.1. The molecule has 0 amide bonds. The highest BCUT2D eigenvalue weighted by Crippen LogP contribution is 2.17. The molecular formula is C12H18BrNO. The highest BCUT2D eigenvalue weighted by atomic mass is 79.9. The number of hydrogen-bond donors (Lipinski definition) is 2. The first kappa shape index (κ1) is 12.7. The molecule has 0 unspecified atom stereocenters. The van der Waals surface area contributed by atoms with E-state index < -0.39 is 0 Å². The van der Waals surface area contributed by atoms with Gasteiger partial charge in [0, 0.05) is 16.6 Å². The molecular weight excluding hydrogens is 254 g/mol. The second-order valence-electron chi connectivity index (χ2n) is 3.73. The predicted octanol–water partition coefficient (Wildman–Crippen LogP) is 2.87. The normalized spacial score (nSPS) is 14.9. The molecule has 0 aromatic heterocycles. The molecule has 0 aliphatic carbocycles. The average Bonchev–Trinajstić information content (AvgIpc) is 2.26. The molecule has 1 rings (SSSR count). The quantitative estimate of drug-likeness (QED) is 0.863. The van der Waals surface area contributed by atoms with E-state index in [-0.39, 0.29) is 18.7 Å². The van der Waals surface area contributed by atoms with Gasteiger partial charge in [-0.15, -0.1) is 0 Å². The van der Waals surface area contributed by atoms with Crippen LogP contribution < -0.4 is 5.32 Å². The molecule has 84 valence electrons. The zero-order valence-corrected chi connectivity index (χ0v) is 10.8. The zero-order valence-electron chi connectivity index (χ0n) is 9.20. The van der Waals surface area contributed by atoms with E-state index in [1.165, 1.54) is 5.56 Å². The number of benzene rings is 1. The van der Waals surface area contributed by atoms with Crippen molar-refractivity contribution < 1.29 is 5.11 Å². The first-order chi connectivity index (χ1) is 7.17. The van der Waals surface area contributed by atoms with Crippen LogP contribution in [0.3, 0.4) is 0 Å². The van der Waals surface area contributed by atoms with Crippen LogP contribution in [-0.4, -0.2) is 17.8 Å². The molecule has 0 heterocycles. The minimum atomic E-state index is 0.184. The smallest absolute Gasteiger partial charge is 0.0584 e. The summed E-state index contributed by atoms with van der Waals surface area (Å²) in [6.07, 6.45) is 0.942. The molecule has 1 aromatic rings. The van der Waals surface area contributed by atoms with Crippen molar-refractivity contribution in [1.82, 2.24) is 5.32 Å². The summed E-state index contributed by atoms with van der Waals surface area (Å²) in [7, 11) is 0. The summed E-state index contributed by atoms with van der Waals surface area (Å²) >= 11 is 3.41. The second kappa shape index (κ2) is 6.26. The second-order valence-corrected chi connectivity index (χ2v) is 4.64. The summed E-state index contributed by atoms with van der Waals surface area (Å²) < 4.78 is 1.09. The molecule has 0 saturated heterocycles. The molecule has 0 saturated carbocycles. The lowest BCUT2D eigenvalue weighted by Crippen LogP contribution is -2.33. The van der Waals surface area contributed by atoms with Gasteiger partial charge in [0.05, 0.1) is 6.61 Å². The Kier molecular flexibility index (Phi) is 5.29. The van der Waals surface area contributed by atoms with Crippen molar-refractivity contribution >= 4 is 15.9 Å². The third-order valence-corrected chi connectivity index (χ3v) is 3.10. The van der Waals surface area contributed by atoms with Gasteiger partial charge in [0.25, 0.3) is 0 Å². The Labute approximate surface area is 99.8 Å². The van der Waals surface area contributed by atoms with E-state index in [1.54, 1.807) is 0 Å². The van der Waals surface area contributed by atoms with E-state index in [4.69, 9.17) is 5.11 Å². The molecule has 2 nitrogen and oxygen atoms in total. The topological polar surface area (TPSA) is 32.3 Å². The number of aliphatic hydroxyl groups is 1. The molecule has 15 heavy (non-hydrogen) atoms. The molecule has 2 N–H and O–H groups in total. The maximum absolute atomic E-state index is 9.10. The summed E-state index contributed by atoms with van der Waals surface area (Å²) in [5, 5.41) is 12.5. The van der Waals surface area contributed by atoms with Gasteiger partial charge in [0.2, 0.25) is 0 Å². The molecule has 0 aliphatic rings. The maximum atomic E-state index is 9.10. The van der Waals surface area contributed by atoms with Crippen LogP contribution >= 0.6 is 15.9 Å². The molecule has 1 aromatic carbocycles. The van der Waals surface area contributed by atoms with Gasteiger partial charge in [0.1, 0.15) is 0 Å². The van der Waals surface area contributed by atoms with Crippen LogP contribution in [0.15, 0.2) is 28.7 Å². The average molecular weight is 272 g/mol. The number of halogens is 1. The lowest BCUT2D eigenvalue weighted by Gasteiger charge is -2.20. The fourth-order valence-electron chi connectivity index (χ4n) is 1.50. The zero-order chi connectivity index (χ0) is 11.3. The summed E-state index contributed by atoms with van der Waals surface area (Å²) in [6, 6.07) is 8.71. The van der Waals surface area contributed by atoms with Crippen molar-refractivity contribution in [1.29, 1.82) is 0 Å². The van der Waals surface area contributed by atoms with Crippen molar-refractivity contribution in [3.05, 3.63) is 34.3 Å². The highest BCUT2D eigenvalue weighted by Gasteiger charge is 2.10. The van der Waals surface area contributed by atoms with Crippen LogP contribution in [0.2, 0.25) is 0 Å².